The number of benzene rings is 4. The Morgan fingerprint density at radius 3 is 1.25 bits per heavy atom. The van der Waals surface area contributed by atoms with E-state index in [1.165, 1.54) is 0 Å². The molecule has 6 amide bonds. The van der Waals surface area contributed by atoms with E-state index in [9.17, 15) is 14.4 Å². The third-order valence-corrected chi connectivity index (χ3v) is 8.39. The van der Waals surface area contributed by atoms with Crippen LogP contribution in [0, 0.1) is 22.7 Å². The number of urea groups is 3. The van der Waals surface area contributed by atoms with Gasteiger partial charge in [0, 0.05) is 37.6 Å². The zero-order valence-electron chi connectivity index (χ0n) is 26.2. The molecule has 2 aliphatic rings. The SMILES string of the molecule is N#Cc1ccc2c(c1)Cc1cc(NC(=O)NCCCNC(=O)NCCCNC(=O)Nc3ccc4c(c3)Cc3cc(C#N)ccc3-4)ccc1-2. The molecule has 6 rings (SSSR count). The minimum Gasteiger partial charge on any atom is -0.338 e. The molecule has 4 aromatic rings. The van der Waals surface area contributed by atoms with Gasteiger partial charge in [0.05, 0.1) is 23.3 Å². The first-order valence-electron chi connectivity index (χ1n) is 15.8. The quantitative estimate of drug-likeness (QED) is 0.107. The van der Waals surface area contributed by atoms with Crippen molar-refractivity contribution in [3.63, 3.8) is 0 Å². The van der Waals surface area contributed by atoms with E-state index in [4.69, 9.17) is 10.5 Å². The lowest BCUT2D eigenvalue weighted by molar-refractivity contribution is 0.240. The van der Waals surface area contributed by atoms with Crippen molar-refractivity contribution >= 4 is 29.5 Å². The number of nitrogens with zero attached hydrogens (tertiary/aromatic N) is 2. The van der Waals surface area contributed by atoms with Gasteiger partial charge < -0.3 is 31.9 Å². The summed E-state index contributed by atoms with van der Waals surface area (Å²) in [4.78, 5) is 36.8. The fourth-order valence-electron chi connectivity index (χ4n) is 6.11. The maximum Gasteiger partial charge on any atom is 0.319 e. The minimum atomic E-state index is -0.324. The van der Waals surface area contributed by atoms with Gasteiger partial charge in [0.1, 0.15) is 0 Å². The van der Waals surface area contributed by atoms with Crippen molar-refractivity contribution in [2.24, 2.45) is 0 Å². The van der Waals surface area contributed by atoms with Crippen LogP contribution in [0.3, 0.4) is 0 Å². The maximum atomic E-state index is 12.4. The molecule has 0 aliphatic heterocycles. The molecule has 48 heavy (non-hydrogen) atoms. The predicted octanol–water partition coefficient (Wildman–Crippen LogP) is 5.59. The molecule has 0 bridgehead atoms. The Morgan fingerprint density at radius 2 is 0.854 bits per heavy atom. The average molecular weight is 639 g/mol. The van der Waals surface area contributed by atoms with Gasteiger partial charge in [-0.05, 0) is 119 Å². The summed E-state index contributed by atoms with van der Waals surface area (Å²) in [6.45, 7) is 1.55. The second kappa shape index (κ2) is 14.4. The van der Waals surface area contributed by atoms with Crippen LogP contribution >= 0.6 is 0 Å². The van der Waals surface area contributed by atoms with Crippen LogP contribution in [-0.4, -0.2) is 44.3 Å². The highest BCUT2D eigenvalue weighted by atomic mass is 16.2. The number of nitriles is 2. The second-order valence-electron chi connectivity index (χ2n) is 11.7. The van der Waals surface area contributed by atoms with Crippen molar-refractivity contribution in [1.82, 2.24) is 21.3 Å². The Bertz CT molecular complexity index is 1850. The molecule has 4 aromatic carbocycles. The van der Waals surface area contributed by atoms with Crippen LogP contribution in [0.25, 0.3) is 22.3 Å². The van der Waals surface area contributed by atoms with E-state index in [0.29, 0.717) is 61.5 Å². The van der Waals surface area contributed by atoms with Crippen LogP contribution in [0.5, 0.6) is 0 Å². The van der Waals surface area contributed by atoms with Crippen molar-refractivity contribution in [2.75, 3.05) is 36.8 Å². The van der Waals surface area contributed by atoms with Gasteiger partial charge in [-0.1, -0.05) is 24.3 Å². The van der Waals surface area contributed by atoms with E-state index < -0.39 is 0 Å². The molecular formula is C37H34N8O3. The summed E-state index contributed by atoms with van der Waals surface area (Å²) in [5.74, 6) is 0. The molecule has 6 N–H and O–H groups in total. The van der Waals surface area contributed by atoms with Crippen LogP contribution in [-0.2, 0) is 12.8 Å². The van der Waals surface area contributed by atoms with Crippen molar-refractivity contribution < 1.29 is 14.4 Å². The molecule has 0 saturated heterocycles. The molecule has 0 spiro atoms. The molecule has 0 saturated carbocycles. The summed E-state index contributed by atoms with van der Waals surface area (Å²) in [6.07, 6.45) is 2.55. The standard InChI is InChI=1S/C37H34N8O3/c38-21-23-3-7-31-25(15-23)17-27-19-29(5-9-33(27)31)44-36(47)42-13-1-11-40-35(46)41-12-2-14-43-37(48)45-30-6-10-34-28(20-30)18-26-16-24(22-39)4-8-32(26)34/h3-10,15-16,19-20H,1-2,11-14,17-18H2,(H2,40,41,46)(H2,42,44,47)(H2,43,45,48). The number of amides is 6. The van der Waals surface area contributed by atoms with E-state index in [1.807, 2.05) is 72.8 Å². The molecule has 240 valence electrons. The Hall–Kier alpha value is -6.33. The van der Waals surface area contributed by atoms with Gasteiger partial charge in [-0.3, -0.25) is 0 Å². The topological polar surface area (TPSA) is 171 Å². The molecule has 0 fully saturated rings. The lowest BCUT2D eigenvalue weighted by Gasteiger charge is -2.11. The number of carbonyl (C=O) groups is 3. The highest BCUT2D eigenvalue weighted by Crippen LogP contribution is 2.39. The lowest BCUT2D eigenvalue weighted by atomic mass is 10.0. The zero-order chi connectivity index (χ0) is 33.5. The van der Waals surface area contributed by atoms with Crippen LogP contribution in [0.1, 0.15) is 46.2 Å². The smallest absolute Gasteiger partial charge is 0.319 e. The summed E-state index contributed by atoms with van der Waals surface area (Å²) in [5.41, 5.74) is 11.5. The van der Waals surface area contributed by atoms with Crippen LogP contribution in [0.15, 0.2) is 72.8 Å². The number of nitrogens with one attached hydrogen (secondary N) is 6. The molecule has 11 nitrogen and oxygen atoms in total. The van der Waals surface area contributed by atoms with Gasteiger partial charge in [0.15, 0.2) is 0 Å². The monoisotopic (exact) mass is 638 g/mol. The van der Waals surface area contributed by atoms with Crippen molar-refractivity contribution in [1.29, 1.82) is 10.5 Å². The first kappa shape index (κ1) is 31.6. The number of carbonyl (C=O) groups excluding carboxylic acids is 3. The lowest BCUT2D eigenvalue weighted by Crippen LogP contribution is -2.39. The van der Waals surface area contributed by atoms with E-state index in [-0.39, 0.29) is 18.1 Å². The van der Waals surface area contributed by atoms with Crippen LogP contribution < -0.4 is 31.9 Å². The van der Waals surface area contributed by atoms with Gasteiger partial charge in [0.2, 0.25) is 0 Å². The van der Waals surface area contributed by atoms with Gasteiger partial charge in [-0.25, -0.2) is 14.4 Å². The third kappa shape index (κ3) is 7.38. The first-order chi connectivity index (χ1) is 23.4. The van der Waals surface area contributed by atoms with Crippen molar-refractivity contribution in [2.45, 2.75) is 25.7 Å². The fourth-order valence-corrected chi connectivity index (χ4v) is 6.11. The van der Waals surface area contributed by atoms with Crippen molar-refractivity contribution in [3.8, 4) is 34.4 Å². The van der Waals surface area contributed by atoms with Gasteiger partial charge in [-0.2, -0.15) is 10.5 Å². The van der Waals surface area contributed by atoms with E-state index >= 15 is 0 Å². The zero-order valence-corrected chi connectivity index (χ0v) is 26.2. The van der Waals surface area contributed by atoms with E-state index in [1.54, 1.807) is 0 Å². The summed E-state index contributed by atoms with van der Waals surface area (Å²) < 4.78 is 0. The Labute approximate surface area is 278 Å². The summed E-state index contributed by atoms with van der Waals surface area (Å²) in [5, 5.41) is 35.1. The normalized spacial score (nSPS) is 11.5. The van der Waals surface area contributed by atoms with Crippen LogP contribution in [0.2, 0.25) is 0 Å². The summed E-state index contributed by atoms with van der Waals surface area (Å²) >= 11 is 0. The fraction of sp³-hybridized carbons (Fsp3) is 0.216. The number of hydrogen-bond donors (Lipinski definition) is 6. The molecule has 0 atom stereocenters. The average Bonchev–Trinajstić information content (AvgIpc) is 3.63. The largest absolute Gasteiger partial charge is 0.338 e. The summed E-state index contributed by atoms with van der Waals surface area (Å²) in [7, 11) is 0. The first-order valence-corrected chi connectivity index (χ1v) is 15.8. The number of fused-ring (bicyclic) bond motifs is 6. The van der Waals surface area contributed by atoms with Gasteiger partial charge >= 0.3 is 18.1 Å². The molecule has 2 aliphatic carbocycles. The molecule has 0 radical (unpaired) electrons. The molecule has 0 aromatic heterocycles. The maximum absolute atomic E-state index is 12.4. The van der Waals surface area contributed by atoms with Crippen molar-refractivity contribution in [3.05, 3.63) is 106 Å². The predicted molar refractivity (Wildman–Crippen MR) is 183 cm³/mol. The van der Waals surface area contributed by atoms with Crippen LogP contribution in [0.4, 0.5) is 25.8 Å². The minimum absolute atomic E-state index is 0.314. The molecular weight excluding hydrogens is 604 g/mol. The Morgan fingerprint density at radius 1 is 0.500 bits per heavy atom. The van der Waals surface area contributed by atoms with Gasteiger partial charge in [-0.15, -0.1) is 0 Å². The van der Waals surface area contributed by atoms with Gasteiger partial charge in [0.25, 0.3) is 0 Å². The highest BCUT2D eigenvalue weighted by Gasteiger charge is 2.20. The third-order valence-electron chi connectivity index (χ3n) is 8.39. The second-order valence-corrected chi connectivity index (χ2v) is 11.7. The van der Waals surface area contributed by atoms with E-state index in [2.05, 4.69) is 44.0 Å². The Balaban J connectivity index is 0.810. The molecule has 11 heteroatoms. The summed E-state index contributed by atoms with van der Waals surface area (Å²) in [6, 6.07) is 26.4. The number of rotatable bonds is 10. The van der Waals surface area contributed by atoms with E-state index in [0.717, 1.165) is 57.3 Å². The Kier molecular flexibility index (Phi) is 9.49. The molecule has 0 unspecified atom stereocenters. The number of hydrogen-bond acceptors (Lipinski definition) is 5. The number of anilines is 2. The molecule has 0 heterocycles. The highest BCUT2D eigenvalue weighted by molar-refractivity contribution is 5.91.